The summed E-state index contributed by atoms with van der Waals surface area (Å²) in [5.41, 5.74) is 0.0495. The van der Waals surface area contributed by atoms with Gasteiger partial charge in [-0.15, -0.1) is 11.8 Å². The first-order valence-electron chi connectivity index (χ1n) is 5.21. The third-order valence-electron chi connectivity index (χ3n) is 2.28. The largest absolute Gasteiger partial charge is 0.477 e. The highest BCUT2D eigenvalue weighted by atomic mass is 32.2. The molecule has 0 aliphatic rings. The van der Waals surface area contributed by atoms with Crippen molar-refractivity contribution in [2.24, 2.45) is 0 Å². The van der Waals surface area contributed by atoms with E-state index in [4.69, 9.17) is 9.84 Å². The zero-order chi connectivity index (χ0) is 13.0. The fraction of sp³-hybridized carbons (Fsp3) is 0.0769. The number of hydrogen-bond donors (Lipinski definition) is 1. The summed E-state index contributed by atoms with van der Waals surface area (Å²) < 4.78 is 5.58. The third kappa shape index (κ3) is 2.62. The summed E-state index contributed by atoms with van der Waals surface area (Å²) in [4.78, 5) is 15.9. The lowest BCUT2D eigenvalue weighted by atomic mass is 10.3. The van der Waals surface area contributed by atoms with Crippen LogP contribution in [0.1, 0.15) is 10.4 Å². The Morgan fingerprint density at radius 3 is 2.78 bits per heavy atom. The van der Waals surface area contributed by atoms with Crippen molar-refractivity contribution in [3.63, 3.8) is 0 Å². The summed E-state index contributed by atoms with van der Waals surface area (Å²) in [7, 11) is 0. The van der Waals surface area contributed by atoms with Crippen LogP contribution in [-0.4, -0.2) is 22.3 Å². The van der Waals surface area contributed by atoms with Gasteiger partial charge < -0.3 is 9.84 Å². The number of carbonyl (C=O) groups is 1. The number of para-hydroxylation sites is 1. The second-order valence-corrected chi connectivity index (χ2v) is 4.26. The van der Waals surface area contributed by atoms with Crippen LogP contribution < -0.4 is 4.74 Å². The number of carboxylic acid groups (broad SMARTS) is 1. The molecule has 0 unspecified atom stereocenters. The molecular formula is C13H11NO3S. The summed E-state index contributed by atoms with van der Waals surface area (Å²) in [6.45, 7) is 0. The zero-order valence-corrected chi connectivity index (χ0v) is 10.5. The van der Waals surface area contributed by atoms with E-state index >= 15 is 0 Å². The topological polar surface area (TPSA) is 59.4 Å². The van der Waals surface area contributed by atoms with Gasteiger partial charge in [-0.3, -0.25) is 0 Å². The first kappa shape index (κ1) is 12.4. The minimum absolute atomic E-state index is 0.0495. The minimum atomic E-state index is -1.06. The number of hydrogen-bond acceptors (Lipinski definition) is 4. The molecule has 5 heteroatoms. The van der Waals surface area contributed by atoms with Gasteiger partial charge in [0, 0.05) is 11.1 Å². The lowest BCUT2D eigenvalue weighted by molar-refractivity contribution is 0.0693. The van der Waals surface area contributed by atoms with Crippen LogP contribution in [0.3, 0.4) is 0 Å². The Kier molecular flexibility index (Phi) is 3.84. The number of aromatic nitrogens is 1. The summed E-state index contributed by atoms with van der Waals surface area (Å²) in [5, 5.41) is 9.04. The molecule has 0 saturated carbocycles. The van der Waals surface area contributed by atoms with E-state index in [0.29, 0.717) is 5.75 Å². The Hall–Kier alpha value is -2.01. The Labute approximate surface area is 109 Å². The molecule has 0 aliphatic carbocycles. The summed E-state index contributed by atoms with van der Waals surface area (Å²) in [6, 6.07) is 10.5. The van der Waals surface area contributed by atoms with Crippen molar-refractivity contribution < 1.29 is 14.6 Å². The molecule has 2 aromatic rings. The number of ether oxygens (including phenoxy) is 1. The van der Waals surface area contributed by atoms with Crippen molar-refractivity contribution in [3.8, 4) is 11.6 Å². The molecule has 0 aliphatic heterocycles. The Bertz CT molecular complexity index is 572. The average molecular weight is 261 g/mol. The van der Waals surface area contributed by atoms with Crippen molar-refractivity contribution in [3.05, 3.63) is 48.2 Å². The monoisotopic (exact) mass is 261 g/mol. The molecule has 0 fully saturated rings. The van der Waals surface area contributed by atoms with Crippen molar-refractivity contribution in [2.75, 3.05) is 6.26 Å². The summed E-state index contributed by atoms with van der Waals surface area (Å²) >= 11 is 1.53. The van der Waals surface area contributed by atoms with Gasteiger partial charge in [-0.25, -0.2) is 9.78 Å². The first-order valence-corrected chi connectivity index (χ1v) is 6.44. The summed E-state index contributed by atoms with van der Waals surface area (Å²) in [5.74, 6) is -0.350. The van der Waals surface area contributed by atoms with Gasteiger partial charge in [-0.05, 0) is 30.5 Å². The van der Waals surface area contributed by atoms with Gasteiger partial charge in [0.15, 0.2) is 0 Å². The van der Waals surface area contributed by atoms with Crippen molar-refractivity contribution >= 4 is 17.7 Å². The standard InChI is InChI=1S/C13H11NO3S/c1-18-11-7-3-2-6-10(11)17-12-9(13(15)16)5-4-8-14-12/h2-8H,1H3,(H,15,16). The molecule has 4 nitrogen and oxygen atoms in total. The van der Waals surface area contributed by atoms with Crippen molar-refractivity contribution in [2.45, 2.75) is 4.90 Å². The van der Waals surface area contributed by atoms with Crippen LogP contribution in [0.4, 0.5) is 0 Å². The highest BCUT2D eigenvalue weighted by Gasteiger charge is 2.13. The second-order valence-electron chi connectivity index (χ2n) is 3.41. The predicted octanol–water partition coefficient (Wildman–Crippen LogP) is 3.29. The van der Waals surface area contributed by atoms with E-state index in [9.17, 15) is 4.79 Å². The molecule has 0 amide bonds. The van der Waals surface area contributed by atoms with Gasteiger partial charge in [-0.1, -0.05) is 12.1 Å². The van der Waals surface area contributed by atoms with Crippen molar-refractivity contribution in [1.29, 1.82) is 0 Å². The normalized spacial score (nSPS) is 10.1. The first-order chi connectivity index (χ1) is 8.72. The van der Waals surface area contributed by atoms with Gasteiger partial charge in [-0.2, -0.15) is 0 Å². The van der Waals surface area contributed by atoms with E-state index < -0.39 is 5.97 Å². The lowest BCUT2D eigenvalue weighted by Crippen LogP contribution is -2.01. The number of benzene rings is 1. The van der Waals surface area contributed by atoms with Gasteiger partial charge in [0.2, 0.25) is 5.88 Å². The van der Waals surface area contributed by atoms with E-state index in [1.807, 2.05) is 24.5 Å². The van der Waals surface area contributed by atoms with Crippen LogP contribution in [-0.2, 0) is 0 Å². The molecule has 0 bridgehead atoms. The smallest absolute Gasteiger partial charge is 0.341 e. The fourth-order valence-corrected chi connectivity index (χ4v) is 1.97. The summed E-state index contributed by atoms with van der Waals surface area (Å²) in [6.07, 6.45) is 3.43. The molecule has 0 saturated heterocycles. The Balaban J connectivity index is 2.37. The van der Waals surface area contributed by atoms with Gasteiger partial charge in [0.25, 0.3) is 0 Å². The molecular weight excluding hydrogens is 250 g/mol. The van der Waals surface area contributed by atoms with E-state index in [-0.39, 0.29) is 11.4 Å². The van der Waals surface area contributed by atoms with Crippen LogP contribution >= 0.6 is 11.8 Å². The zero-order valence-electron chi connectivity index (χ0n) is 9.66. The molecule has 1 N–H and O–H groups in total. The Morgan fingerprint density at radius 1 is 1.28 bits per heavy atom. The van der Waals surface area contributed by atoms with Crippen LogP contribution in [0.5, 0.6) is 11.6 Å². The van der Waals surface area contributed by atoms with E-state index in [1.165, 1.54) is 24.0 Å². The lowest BCUT2D eigenvalue weighted by Gasteiger charge is -2.09. The maximum absolute atomic E-state index is 11.0. The third-order valence-corrected chi connectivity index (χ3v) is 3.05. The molecule has 2 rings (SSSR count). The van der Waals surface area contributed by atoms with E-state index in [1.54, 1.807) is 12.1 Å². The Morgan fingerprint density at radius 2 is 2.06 bits per heavy atom. The number of aromatic carboxylic acids is 1. The van der Waals surface area contributed by atoms with Crippen LogP contribution in [0.25, 0.3) is 0 Å². The van der Waals surface area contributed by atoms with Crippen LogP contribution in [0.15, 0.2) is 47.5 Å². The SMILES string of the molecule is CSc1ccccc1Oc1ncccc1C(=O)O. The average Bonchev–Trinajstić information content (AvgIpc) is 2.40. The minimum Gasteiger partial charge on any atom is -0.477 e. The predicted molar refractivity (Wildman–Crippen MR) is 69.5 cm³/mol. The second kappa shape index (κ2) is 5.55. The van der Waals surface area contributed by atoms with Crippen molar-refractivity contribution in [1.82, 2.24) is 4.98 Å². The van der Waals surface area contributed by atoms with Gasteiger partial charge >= 0.3 is 5.97 Å². The number of thioether (sulfide) groups is 1. The highest BCUT2D eigenvalue weighted by molar-refractivity contribution is 7.98. The molecule has 18 heavy (non-hydrogen) atoms. The maximum atomic E-state index is 11.0. The number of rotatable bonds is 4. The molecule has 0 spiro atoms. The highest BCUT2D eigenvalue weighted by Crippen LogP contribution is 2.31. The van der Waals surface area contributed by atoms with E-state index in [0.717, 1.165) is 4.90 Å². The van der Waals surface area contributed by atoms with Gasteiger partial charge in [0.1, 0.15) is 11.3 Å². The number of pyridine rings is 1. The van der Waals surface area contributed by atoms with E-state index in [2.05, 4.69) is 4.98 Å². The van der Waals surface area contributed by atoms with Crippen LogP contribution in [0.2, 0.25) is 0 Å². The number of carboxylic acids is 1. The number of nitrogens with zero attached hydrogens (tertiary/aromatic N) is 1. The maximum Gasteiger partial charge on any atom is 0.341 e. The molecule has 92 valence electrons. The van der Waals surface area contributed by atoms with Crippen LogP contribution in [0, 0.1) is 0 Å². The molecule has 1 aromatic carbocycles. The molecule has 1 aromatic heterocycles. The molecule has 1 heterocycles. The molecule has 0 radical (unpaired) electrons. The fourth-order valence-electron chi connectivity index (χ4n) is 1.44. The van der Waals surface area contributed by atoms with Gasteiger partial charge in [0.05, 0.1) is 0 Å². The molecule has 0 atom stereocenters. The quantitative estimate of drug-likeness (QED) is 0.856.